The third-order valence-electron chi connectivity index (χ3n) is 4.81. The lowest BCUT2D eigenvalue weighted by molar-refractivity contribution is -0.126. The molecule has 0 radical (unpaired) electrons. The van der Waals surface area contributed by atoms with E-state index in [9.17, 15) is 14.4 Å². The van der Waals surface area contributed by atoms with Crippen molar-refractivity contribution in [2.75, 3.05) is 30.4 Å². The average molecular weight is 417 g/mol. The SMILES string of the molecule is COc1ccc(N2C[C@H](C(=O)NCCC(=O)Nc3nc(C)c(C)s3)CC2=O)cc1. The summed E-state index contributed by atoms with van der Waals surface area (Å²) >= 11 is 1.42. The molecule has 3 rings (SSSR count). The Morgan fingerprint density at radius 2 is 2.00 bits per heavy atom. The van der Waals surface area contributed by atoms with Gasteiger partial charge in [0.05, 0.1) is 18.7 Å². The molecule has 9 heteroatoms. The predicted molar refractivity (Wildman–Crippen MR) is 111 cm³/mol. The van der Waals surface area contributed by atoms with Gasteiger partial charge in [0.2, 0.25) is 17.7 Å². The number of thiazole rings is 1. The lowest BCUT2D eigenvalue weighted by atomic mass is 10.1. The van der Waals surface area contributed by atoms with Crippen molar-refractivity contribution in [3.05, 3.63) is 34.8 Å². The summed E-state index contributed by atoms with van der Waals surface area (Å²) in [6.45, 7) is 4.36. The standard InChI is InChI=1S/C20H24N4O4S/c1-12-13(2)29-20(22-12)23-17(25)8-9-21-19(27)14-10-18(26)24(11-14)15-4-6-16(28-3)7-5-15/h4-7,14H,8-11H2,1-3H3,(H,21,27)(H,22,23,25)/t14-/m1/s1. The van der Waals surface area contributed by atoms with E-state index >= 15 is 0 Å². The summed E-state index contributed by atoms with van der Waals surface area (Å²) < 4.78 is 5.12. The summed E-state index contributed by atoms with van der Waals surface area (Å²) in [5.74, 6) is -0.250. The Bertz CT molecular complexity index is 890. The maximum atomic E-state index is 12.4. The van der Waals surface area contributed by atoms with E-state index in [-0.39, 0.29) is 37.1 Å². The highest BCUT2D eigenvalue weighted by atomic mass is 32.1. The minimum absolute atomic E-state index is 0.0948. The molecule has 0 bridgehead atoms. The van der Waals surface area contributed by atoms with Gasteiger partial charge in [0, 0.05) is 36.5 Å². The highest BCUT2D eigenvalue weighted by molar-refractivity contribution is 7.15. The topological polar surface area (TPSA) is 101 Å². The molecule has 1 fully saturated rings. The first-order chi connectivity index (χ1) is 13.9. The van der Waals surface area contributed by atoms with Gasteiger partial charge in [-0.25, -0.2) is 4.98 Å². The van der Waals surface area contributed by atoms with Gasteiger partial charge in [-0.15, -0.1) is 11.3 Å². The van der Waals surface area contributed by atoms with Crippen molar-refractivity contribution in [2.45, 2.75) is 26.7 Å². The fraction of sp³-hybridized carbons (Fsp3) is 0.400. The summed E-state index contributed by atoms with van der Waals surface area (Å²) in [6.07, 6.45) is 0.300. The van der Waals surface area contributed by atoms with E-state index in [4.69, 9.17) is 4.74 Å². The van der Waals surface area contributed by atoms with Crippen LogP contribution in [0.1, 0.15) is 23.4 Å². The molecule has 29 heavy (non-hydrogen) atoms. The van der Waals surface area contributed by atoms with E-state index < -0.39 is 5.92 Å². The quantitative estimate of drug-likeness (QED) is 0.721. The first-order valence-electron chi connectivity index (χ1n) is 9.33. The van der Waals surface area contributed by atoms with Gasteiger partial charge in [0.1, 0.15) is 5.75 Å². The molecule has 0 spiro atoms. The van der Waals surface area contributed by atoms with E-state index in [1.165, 1.54) is 11.3 Å². The van der Waals surface area contributed by atoms with Gasteiger partial charge in [0.15, 0.2) is 5.13 Å². The molecule has 1 atom stereocenters. The maximum Gasteiger partial charge on any atom is 0.227 e. The van der Waals surface area contributed by atoms with E-state index in [0.717, 1.165) is 16.3 Å². The minimum Gasteiger partial charge on any atom is -0.497 e. The molecule has 1 aliphatic rings. The lowest BCUT2D eigenvalue weighted by Gasteiger charge is -2.17. The molecular formula is C20H24N4O4S. The van der Waals surface area contributed by atoms with Crippen LogP contribution >= 0.6 is 11.3 Å². The Balaban J connectivity index is 1.45. The average Bonchev–Trinajstić information content (AvgIpc) is 3.23. The Morgan fingerprint density at radius 3 is 2.62 bits per heavy atom. The number of ether oxygens (including phenoxy) is 1. The van der Waals surface area contributed by atoms with Crippen LogP contribution in [0.2, 0.25) is 0 Å². The molecule has 0 aliphatic carbocycles. The number of carbonyl (C=O) groups excluding carboxylic acids is 3. The monoisotopic (exact) mass is 416 g/mol. The third kappa shape index (κ3) is 5.11. The van der Waals surface area contributed by atoms with Crippen molar-refractivity contribution in [1.29, 1.82) is 0 Å². The van der Waals surface area contributed by atoms with Crippen LogP contribution in [0.15, 0.2) is 24.3 Å². The molecule has 0 unspecified atom stereocenters. The molecule has 3 amide bonds. The second kappa shape index (κ2) is 9.04. The summed E-state index contributed by atoms with van der Waals surface area (Å²) in [5, 5.41) is 6.05. The first kappa shape index (κ1) is 20.8. The molecule has 0 saturated carbocycles. The van der Waals surface area contributed by atoms with Crippen LogP contribution < -0.4 is 20.3 Å². The fourth-order valence-electron chi connectivity index (χ4n) is 3.05. The number of benzene rings is 1. The Morgan fingerprint density at radius 1 is 1.28 bits per heavy atom. The smallest absolute Gasteiger partial charge is 0.227 e. The normalized spacial score (nSPS) is 16.0. The summed E-state index contributed by atoms with van der Waals surface area (Å²) in [6, 6.07) is 7.15. The zero-order chi connectivity index (χ0) is 21.0. The van der Waals surface area contributed by atoms with Crippen LogP contribution in [0.25, 0.3) is 0 Å². The number of rotatable bonds is 7. The molecule has 2 N–H and O–H groups in total. The van der Waals surface area contributed by atoms with Crippen molar-refractivity contribution in [3.63, 3.8) is 0 Å². The van der Waals surface area contributed by atoms with Gasteiger partial charge in [-0.05, 0) is 38.1 Å². The number of anilines is 2. The third-order valence-corrected chi connectivity index (χ3v) is 5.79. The van der Waals surface area contributed by atoms with Crippen LogP contribution in [-0.4, -0.2) is 42.9 Å². The Kier molecular flexibility index (Phi) is 6.48. The van der Waals surface area contributed by atoms with Gasteiger partial charge in [-0.3, -0.25) is 14.4 Å². The van der Waals surface area contributed by atoms with E-state index in [2.05, 4.69) is 15.6 Å². The summed E-state index contributed by atoms with van der Waals surface area (Å²) in [4.78, 5) is 43.6. The van der Waals surface area contributed by atoms with Crippen molar-refractivity contribution in [2.24, 2.45) is 5.92 Å². The van der Waals surface area contributed by atoms with Crippen LogP contribution in [0.4, 0.5) is 10.8 Å². The van der Waals surface area contributed by atoms with E-state index in [1.54, 1.807) is 36.3 Å². The van der Waals surface area contributed by atoms with Gasteiger partial charge in [0.25, 0.3) is 0 Å². The van der Waals surface area contributed by atoms with Crippen LogP contribution in [0.5, 0.6) is 5.75 Å². The molecule has 154 valence electrons. The molecule has 1 aliphatic heterocycles. The highest BCUT2D eigenvalue weighted by Crippen LogP contribution is 2.27. The molecular weight excluding hydrogens is 392 g/mol. The van der Waals surface area contributed by atoms with Crippen molar-refractivity contribution in [1.82, 2.24) is 10.3 Å². The number of carbonyl (C=O) groups is 3. The zero-order valence-corrected chi connectivity index (χ0v) is 17.5. The van der Waals surface area contributed by atoms with Gasteiger partial charge in [-0.2, -0.15) is 0 Å². The molecule has 1 aromatic heterocycles. The molecule has 2 aromatic rings. The number of methoxy groups -OCH3 is 1. The van der Waals surface area contributed by atoms with Gasteiger partial charge in [-0.1, -0.05) is 0 Å². The number of nitrogens with zero attached hydrogens (tertiary/aromatic N) is 2. The zero-order valence-electron chi connectivity index (χ0n) is 16.7. The Labute approximate surface area is 173 Å². The second-order valence-electron chi connectivity index (χ2n) is 6.85. The van der Waals surface area contributed by atoms with Crippen molar-refractivity contribution < 1.29 is 19.1 Å². The molecule has 2 heterocycles. The van der Waals surface area contributed by atoms with E-state index in [1.807, 2.05) is 13.8 Å². The molecule has 1 saturated heterocycles. The second-order valence-corrected chi connectivity index (χ2v) is 8.06. The van der Waals surface area contributed by atoms with Crippen LogP contribution in [-0.2, 0) is 14.4 Å². The maximum absolute atomic E-state index is 12.4. The summed E-state index contributed by atoms with van der Waals surface area (Å²) in [7, 11) is 1.58. The van der Waals surface area contributed by atoms with Crippen molar-refractivity contribution >= 4 is 39.9 Å². The minimum atomic E-state index is -0.433. The van der Waals surface area contributed by atoms with Crippen LogP contribution in [0, 0.1) is 19.8 Å². The Hall–Kier alpha value is -2.94. The first-order valence-corrected chi connectivity index (χ1v) is 10.1. The largest absolute Gasteiger partial charge is 0.497 e. The number of hydrogen-bond acceptors (Lipinski definition) is 6. The summed E-state index contributed by atoms with van der Waals surface area (Å²) in [5.41, 5.74) is 1.63. The fourth-order valence-corrected chi connectivity index (χ4v) is 3.88. The number of nitrogens with one attached hydrogen (secondary N) is 2. The van der Waals surface area contributed by atoms with Gasteiger partial charge >= 0.3 is 0 Å². The van der Waals surface area contributed by atoms with Crippen molar-refractivity contribution in [3.8, 4) is 5.75 Å². The highest BCUT2D eigenvalue weighted by Gasteiger charge is 2.35. The predicted octanol–water partition coefficient (Wildman–Crippen LogP) is 2.27. The number of aryl methyl sites for hydroxylation is 2. The number of aromatic nitrogens is 1. The van der Waals surface area contributed by atoms with Crippen LogP contribution in [0.3, 0.4) is 0 Å². The number of hydrogen-bond donors (Lipinski definition) is 2. The lowest BCUT2D eigenvalue weighted by Crippen LogP contribution is -2.34. The molecule has 1 aromatic carbocycles. The van der Waals surface area contributed by atoms with E-state index in [0.29, 0.717) is 17.4 Å². The number of amides is 3. The molecule has 8 nitrogen and oxygen atoms in total. The van der Waals surface area contributed by atoms with Gasteiger partial charge < -0.3 is 20.3 Å².